The summed E-state index contributed by atoms with van der Waals surface area (Å²) in [6, 6.07) is 3.94. The third-order valence-electron chi connectivity index (χ3n) is 4.67. The van der Waals surface area contributed by atoms with Crippen molar-refractivity contribution in [1.29, 1.82) is 0 Å². The van der Waals surface area contributed by atoms with Crippen LogP contribution in [0.2, 0.25) is 0 Å². The lowest BCUT2D eigenvalue weighted by Crippen LogP contribution is -2.09. The number of fused-ring (bicyclic) bond motifs is 1. The third kappa shape index (κ3) is 5.33. The average Bonchev–Trinajstić information content (AvgIpc) is 3.36. The van der Waals surface area contributed by atoms with Crippen molar-refractivity contribution in [3.8, 4) is 0 Å². The number of aliphatic hydroxyl groups excluding tert-OH is 1. The smallest absolute Gasteiger partial charge is 0.307 e. The van der Waals surface area contributed by atoms with E-state index < -0.39 is 23.9 Å². The molecule has 164 valence electrons. The predicted octanol–water partition coefficient (Wildman–Crippen LogP) is 3.67. The maximum Gasteiger partial charge on any atom is 0.307 e. The second-order valence-electron chi connectivity index (χ2n) is 6.90. The van der Waals surface area contributed by atoms with Gasteiger partial charge in [0.15, 0.2) is 11.7 Å². The van der Waals surface area contributed by atoms with Crippen LogP contribution in [-0.2, 0) is 21.1 Å². The summed E-state index contributed by atoms with van der Waals surface area (Å²) in [5.41, 5.74) is 1.05. The molecule has 0 bridgehead atoms. The molecular weight excluding hydrogens is 427 g/mol. The van der Waals surface area contributed by atoms with Gasteiger partial charge < -0.3 is 19.5 Å². The molecule has 1 aromatic carbocycles. The Morgan fingerprint density at radius 3 is 2.77 bits per heavy atom. The van der Waals surface area contributed by atoms with Gasteiger partial charge in [-0.3, -0.25) is 14.4 Å². The minimum absolute atomic E-state index is 0.0622. The summed E-state index contributed by atoms with van der Waals surface area (Å²) in [4.78, 5) is 39.6. The van der Waals surface area contributed by atoms with Crippen LogP contribution < -0.4 is 0 Å². The quantitative estimate of drug-likeness (QED) is 0.359. The van der Waals surface area contributed by atoms with Gasteiger partial charge in [-0.15, -0.1) is 11.3 Å². The molecule has 0 radical (unpaired) electrons. The Balaban J connectivity index is 1.83. The van der Waals surface area contributed by atoms with Crippen LogP contribution in [0.1, 0.15) is 59.8 Å². The highest BCUT2D eigenvalue weighted by molar-refractivity contribution is 7.12. The molecule has 2 N–H and O–H groups in total. The van der Waals surface area contributed by atoms with Crippen molar-refractivity contribution in [3.63, 3.8) is 0 Å². The van der Waals surface area contributed by atoms with Gasteiger partial charge in [0.25, 0.3) is 0 Å². The Morgan fingerprint density at radius 1 is 1.29 bits per heavy atom. The number of carbonyl (C=O) groups excluding carboxylic acids is 2. The number of halogens is 1. The van der Waals surface area contributed by atoms with E-state index >= 15 is 0 Å². The van der Waals surface area contributed by atoms with E-state index in [2.05, 4.69) is 4.98 Å². The summed E-state index contributed by atoms with van der Waals surface area (Å²) in [6.07, 6.45) is 1.12. The van der Waals surface area contributed by atoms with Crippen molar-refractivity contribution in [3.05, 3.63) is 51.9 Å². The van der Waals surface area contributed by atoms with Gasteiger partial charge in [-0.2, -0.15) is 0 Å². The van der Waals surface area contributed by atoms with Crippen molar-refractivity contribution in [2.45, 2.75) is 45.4 Å². The molecule has 0 spiro atoms. The zero-order valence-corrected chi connectivity index (χ0v) is 17.5. The van der Waals surface area contributed by atoms with E-state index in [0.29, 0.717) is 23.0 Å². The summed E-state index contributed by atoms with van der Waals surface area (Å²) >= 11 is 1.11. The molecular formula is C21H21FN2O6S. The summed E-state index contributed by atoms with van der Waals surface area (Å²) in [5, 5.41) is 20.8. The lowest BCUT2D eigenvalue weighted by atomic mass is 10.1. The fourth-order valence-electron chi connectivity index (χ4n) is 3.02. The van der Waals surface area contributed by atoms with Gasteiger partial charge in [0, 0.05) is 29.8 Å². The molecule has 0 fully saturated rings. The van der Waals surface area contributed by atoms with Crippen LogP contribution >= 0.6 is 11.3 Å². The Kier molecular flexibility index (Phi) is 7.13. The highest BCUT2D eigenvalue weighted by Gasteiger charge is 2.21. The number of esters is 1. The van der Waals surface area contributed by atoms with E-state index in [1.807, 2.05) is 0 Å². The summed E-state index contributed by atoms with van der Waals surface area (Å²) < 4.78 is 20.4. The van der Waals surface area contributed by atoms with E-state index in [1.54, 1.807) is 12.3 Å². The Labute approximate surface area is 180 Å². The van der Waals surface area contributed by atoms with Gasteiger partial charge in [0.1, 0.15) is 5.82 Å². The molecule has 0 saturated carbocycles. The number of aliphatic carboxylic acids is 1. The molecule has 0 amide bonds. The largest absolute Gasteiger partial charge is 0.481 e. The Hall–Kier alpha value is -3.11. The first-order valence-corrected chi connectivity index (χ1v) is 10.5. The van der Waals surface area contributed by atoms with Gasteiger partial charge in [0.05, 0.1) is 22.9 Å². The van der Waals surface area contributed by atoms with Gasteiger partial charge in [-0.05, 0) is 31.0 Å². The first-order chi connectivity index (χ1) is 14.8. The lowest BCUT2D eigenvalue weighted by Gasteiger charge is -2.07. The topological polar surface area (TPSA) is 119 Å². The van der Waals surface area contributed by atoms with Gasteiger partial charge in [0.2, 0.25) is 5.78 Å². The molecule has 0 unspecified atom stereocenters. The van der Waals surface area contributed by atoms with Crippen molar-refractivity contribution >= 4 is 40.0 Å². The summed E-state index contributed by atoms with van der Waals surface area (Å²) in [6.45, 7) is 1.55. The van der Waals surface area contributed by atoms with E-state index in [1.165, 1.54) is 29.0 Å². The number of ether oxygens (including phenoxy) is 1. The molecule has 2 heterocycles. The third-order valence-corrected chi connectivity index (χ3v) is 5.53. The highest BCUT2D eigenvalue weighted by atomic mass is 32.1. The normalized spacial score (nSPS) is 12.1. The number of carboxylic acids is 1. The SMILES string of the molecule is CC[C@H](O)c1csc(C(=O)c2cn(COC(=O)CCCC(=O)O)c3cc(F)ccc23)n1. The second-order valence-corrected chi connectivity index (χ2v) is 7.76. The van der Waals surface area contributed by atoms with Crippen molar-refractivity contribution < 1.29 is 33.7 Å². The molecule has 0 saturated heterocycles. The fraction of sp³-hybridized carbons (Fsp3) is 0.333. The number of carbonyl (C=O) groups is 3. The standard InChI is InChI=1S/C21H21FN2O6S/c1-2-17(25)15-10-31-21(23-15)20(29)14-9-24(16-8-12(22)6-7-13(14)16)11-30-19(28)5-3-4-18(26)27/h6-10,17,25H,2-5,11H2,1H3,(H,26,27)/t17-/m0/s1. The minimum Gasteiger partial charge on any atom is -0.481 e. The number of aliphatic hydroxyl groups is 1. The van der Waals surface area contributed by atoms with Gasteiger partial charge in [-0.1, -0.05) is 6.92 Å². The summed E-state index contributed by atoms with van der Waals surface area (Å²) in [7, 11) is 0. The molecule has 1 atom stereocenters. The van der Waals surface area contributed by atoms with Crippen molar-refractivity contribution in [1.82, 2.24) is 9.55 Å². The van der Waals surface area contributed by atoms with E-state index in [-0.39, 0.29) is 42.3 Å². The molecule has 3 aromatic rings. The molecule has 0 aliphatic heterocycles. The van der Waals surface area contributed by atoms with Crippen LogP contribution in [0, 0.1) is 5.82 Å². The zero-order chi connectivity index (χ0) is 22.5. The number of thiazole rings is 1. The van der Waals surface area contributed by atoms with Crippen LogP contribution in [0.3, 0.4) is 0 Å². The van der Waals surface area contributed by atoms with Crippen LogP contribution in [0.15, 0.2) is 29.8 Å². The Bertz CT molecular complexity index is 1120. The first kappa shape index (κ1) is 22.6. The molecule has 0 aliphatic rings. The van der Waals surface area contributed by atoms with Crippen LogP contribution in [-0.4, -0.2) is 37.5 Å². The van der Waals surface area contributed by atoms with Crippen molar-refractivity contribution in [2.24, 2.45) is 0 Å². The molecule has 10 heteroatoms. The Morgan fingerprint density at radius 2 is 2.06 bits per heavy atom. The lowest BCUT2D eigenvalue weighted by molar-refractivity contribution is -0.147. The monoisotopic (exact) mass is 448 g/mol. The molecule has 31 heavy (non-hydrogen) atoms. The predicted molar refractivity (Wildman–Crippen MR) is 110 cm³/mol. The minimum atomic E-state index is -1.00. The average molecular weight is 448 g/mol. The number of benzene rings is 1. The molecule has 8 nitrogen and oxygen atoms in total. The maximum absolute atomic E-state index is 13.8. The van der Waals surface area contributed by atoms with Gasteiger partial charge >= 0.3 is 11.9 Å². The number of nitrogens with zero attached hydrogens (tertiary/aromatic N) is 2. The van der Waals surface area contributed by atoms with E-state index in [0.717, 1.165) is 11.3 Å². The number of ketones is 1. The second kappa shape index (κ2) is 9.80. The van der Waals surface area contributed by atoms with E-state index in [9.17, 15) is 23.9 Å². The van der Waals surface area contributed by atoms with Crippen LogP contribution in [0.25, 0.3) is 10.9 Å². The van der Waals surface area contributed by atoms with Crippen LogP contribution in [0.5, 0.6) is 0 Å². The number of aromatic nitrogens is 2. The fourth-order valence-corrected chi connectivity index (χ4v) is 3.84. The maximum atomic E-state index is 13.8. The molecule has 3 rings (SSSR count). The number of hydrogen-bond acceptors (Lipinski definition) is 7. The summed E-state index contributed by atoms with van der Waals surface area (Å²) in [5.74, 6) is -2.49. The first-order valence-electron chi connectivity index (χ1n) is 9.64. The van der Waals surface area contributed by atoms with Crippen molar-refractivity contribution in [2.75, 3.05) is 0 Å². The number of carboxylic acid groups (broad SMARTS) is 1. The number of hydrogen-bond donors (Lipinski definition) is 2. The van der Waals surface area contributed by atoms with E-state index in [4.69, 9.17) is 9.84 Å². The number of rotatable bonds is 10. The molecule has 2 aromatic heterocycles. The van der Waals surface area contributed by atoms with Crippen LogP contribution in [0.4, 0.5) is 4.39 Å². The zero-order valence-electron chi connectivity index (χ0n) is 16.7. The molecule has 0 aliphatic carbocycles. The van der Waals surface area contributed by atoms with Gasteiger partial charge in [-0.25, -0.2) is 9.37 Å². The highest BCUT2D eigenvalue weighted by Crippen LogP contribution is 2.27.